The van der Waals surface area contributed by atoms with E-state index >= 15 is 0 Å². The monoisotopic (exact) mass is 1060 g/mol. The lowest BCUT2D eigenvalue weighted by molar-refractivity contribution is -0.167. The molecule has 0 spiro atoms. The van der Waals surface area contributed by atoms with Gasteiger partial charge in [-0.15, -0.1) is 0 Å². The van der Waals surface area contributed by atoms with E-state index in [2.05, 4.69) is 93.7 Å². The second kappa shape index (κ2) is 64.4. The van der Waals surface area contributed by atoms with Crippen molar-refractivity contribution in [3.05, 3.63) is 72.9 Å². The van der Waals surface area contributed by atoms with Gasteiger partial charge < -0.3 is 14.2 Å². The summed E-state index contributed by atoms with van der Waals surface area (Å²) in [5.41, 5.74) is 0. The number of hydrogen-bond acceptors (Lipinski definition) is 6. The summed E-state index contributed by atoms with van der Waals surface area (Å²) in [5, 5.41) is 0. The van der Waals surface area contributed by atoms with E-state index in [1.165, 1.54) is 193 Å². The number of carbonyl (C=O) groups excluding carboxylic acids is 3. The molecule has 6 heteroatoms. The number of allylic oxidation sites excluding steroid dienone is 12. The summed E-state index contributed by atoms with van der Waals surface area (Å²) >= 11 is 0. The molecule has 0 saturated carbocycles. The predicted molar refractivity (Wildman–Crippen MR) is 330 cm³/mol. The molecule has 0 aliphatic rings. The van der Waals surface area contributed by atoms with Crippen LogP contribution in [0.1, 0.15) is 335 Å². The number of esters is 3. The third kappa shape index (κ3) is 61.7. The van der Waals surface area contributed by atoms with Gasteiger partial charge in [-0.25, -0.2) is 0 Å². The normalized spacial score (nSPS) is 12.5. The highest BCUT2D eigenvalue weighted by atomic mass is 16.6. The van der Waals surface area contributed by atoms with Crippen LogP contribution in [0.25, 0.3) is 0 Å². The van der Waals surface area contributed by atoms with Crippen LogP contribution in [0.4, 0.5) is 0 Å². The fourth-order valence-corrected chi connectivity index (χ4v) is 9.47. The molecule has 0 rings (SSSR count). The van der Waals surface area contributed by atoms with E-state index in [1.54, 1.807) is 0 Å². The first-order valence-electron chi connectivity index (χ1n) is 32.9. The summed E-state index contributed by atoms with van der Waals surface area (Å²) < 4.78 is 16.9. The van der Waals surface area contributed by atoms with Crippen LogP contribution in [0.15, 0.2) is 72.9 Å². The Bertz CT molecular complexity index is 1400. The molecule has 0 aromatic heterocycles. The number of hydrogen-bond donors (Lipinski definition) is 0. The lowest BCUT2D eigenvalue weighted by atomic mass is 10.0. The maximum absolute atomic E-state index is 12.9. The molecule has 0 radical (unpaired) electrons. The third-order valence-corrected chi connectivity index (χ3v) is 14.4. The van der Waals surface area contributed by atoms with Gasteiger partial charge in [0, 0.05) is 19.3 Å². The Morgan fingerprint density at radius 2 is 0.526 bits per heavy atom. The molecule has 440 valence electrons. The van der Waals surface area contributed by atoms with Crippen molar-refractivity contribution in [2.75, 3.05) is 13.2 Å². The molecule has 1 atom stereocenters. The number of rotatable bonds is 60. The van der Waals surface area contributed by atoms with Gasteiger partial charge in [-0.2, -0.15) is 0 Å². The Balaban J connectivity index is 4.07. The van der Waals surface area contributed by atoms with Crippen LogP contribution in [0.5, 0.6) is 0 Å². The molecular weight excluding hydrogens is 937 g/mol. The Kier molecular flexibility index (Phi) is 61.7. The van der Waals surface area contributed by atoms with Gasteiger partial charge in [0.15, 0.2) is 6.10 Å². The number of carbonyl (C=O) groups is 3. The Morgan fingerprint density at radius 3 is 0.855 bits per heavy atom. The Hall–Kier alpha value is -3.15. The van der Waals surface area contributed by atoms with E-state index in [9.17, 15) is 14.4 Å². The van der Waals surface area contributed by atoms with E-state index in [4.69, 9.17) is 14.2 Å². The van der Waals surface area contributed by atoms with Gasteiger partial charge in [0.2, 0.25) is 0 Å². The molecule has 0 aliphatic heterocycles. The quantitative estimate of drug-likeness (QED) is 0.0261. The van der Waals surface area contributed by atoms with Gasteiger partial charge in [-0.05, 0) is 103 Å². The van der Waals surface area contributed by atoms with Crippen molar-refractivity contribution in [3.8, 4) is 0 Å². The van der Waals surface area contributed by atoms with Crippen molar-refractivity contribution >= 4 is 17.9 Å². The fourth-order valence-electron chi connectivity index (χ4n) is 9.47. The van der Waals surface area contributed by atoms with Gasteiger partial charge in [-0.1, -0.05) is 286 Å². The minimum Gasteiger partial charge on any atom is -0.462 e. The van der Waals surface area contributed by atoms with Gasteiger partial charge in [0.1, 0.15) is 13.2 Å². The predicted octanol–water partition coefficient (Wildman–Crippen LogP) is 22.5. The second-order valence-electron chi connectivity index (χ2n) is 22.0. The van der Waals surface area contributed by atoms with Gasteiger partial charge >= 0.3 is 17.9 Å². The molecule has 0 bridgehead atoms. The molecule has 0 fully saturated rings. The fraction of sp³-hybridized carbons (Fsp3) is 0.786. The van der Waals surface area contributed by atoms with E-state index in [0.717, 1.165) is 103 Å². The molecule has 0 aromatic carbocycles. The van der Waals surface area contributed by atoms with E-state index in [-0.39, 0.29) is 31.1 Å². The van der Waals surface area contributed by atoms with Crippen LogP contribution >= 0.6 is 0 Å². The van der Waals surface area contributed by atoms with Crippen molar-refractivity contribution in [2.45, 2.75) is 341 Å². The van der Waals surface area contributed by atoms with Gasteiger partial charge in [0.05, 0.1) is 0 Å². The SMILES string of the molecule is CC/C=C\C/C=C\C/C=C\C/C=C\CCCCCCCCCCCCCCCCCCCCCCC(=O)OCC(COC(=O)CCCCCCC/C=C\CCCC)OC(=O)CCCCCCC/C=C\CCCCCCC. The molecule has 1 unspecified atom stereocenters. The zero-order chi connectivity index (χ0) is 55.0. The lowest BCUT2D eigenvalue weighted by Gasteiger charge is -2.18. The average Bonchev–Trinajstić information content (AvgIpc) is 3.42. The summed E-state index contributed by atoms with van der Waals surface area (Å²) in [7, 11) is 0. The first kappa shape index (κ1) is 72.8. The molecule has 0 heterocycles. The van der Waals surface area contributed by atoms with Crippen LogP contribution in [0.2, 0.25) is 0 Å². The molecule has 76 heavy (non-hydrogen) atoms. The molecule has 0 aliphatic carbocycles. The molecule has 0 aromatic rings. The van der Waals surface area contributed by atoms with Crippen LogP contribution in [0.3, 0.4) is 0 Å². The van der Waals surface area contributed by atoms with Crippen LogP contribution in [-0.2, 0) is 28.6 Å². The van der Waals surface area contributed by atoms with Crippen molar-refractivity contribution in [2.24, 2.45) is 0 Å². The highest BCUT2D eigenvalue weighted by Crippen LogP contribution is 2.17. The minimum atomic E-state index is -0.780. The summed E-state index contributed by atoms with van der Waals surface area (Å²) in [6.45, 7) is 6.50. The van der Waals surface area contributed by atoms with Crippen molar-refractivity contribution in [3.63, 3.8) is 0 Å². The maximum atomic E-state index is 12.9. The Labute approximate surface area is 472 Å². The summed E-state index contributed by atoms with van der Waals surface area (Å²) in [5.74, 6) is -0.881. The van der Waals surface area contributed by atoms with Crippen molar-refractivity contribution in [1.82, 2.24) is 0 Å². The minimum absolute atomic E-state index is 0.0771. The van der Waals surface area contributed by atoms with Gasteiger partial charge in [-0.3, -0.25) is 14.4 Å². The topological polar surface area (TPSA) is 78.9 Å². The first-order chi connectivity index (χ1) is 37.5. The summed E-state index contributed by atoms with van der Waals surface area (Å²) in [6, 6.07) is 0. The number of ether oxygens (including phenoxy) is 3. The highest BCUT2D eigenvalue weighted by Gasteiger charge is 2.19. The lowest BCUT2D eigenvalue weighted by Crippen LogP contribution is -2.30. The van der Waals surface area contributed by atoms with Crippen LogP contribution in [0, 0.1) is 0 Å². The summed E-state index contributed by atoms with van der Waals surface area (Å²) in [4.78, 5) is 38.2. The molecule has 0 saturated heterocycles. The molecular formula is C70H124O6. The highest BCUT2D eigenvalue weighted by molar-refractivity contribution is 5.71. The van der Waals surface area contributed by atoms with E-state index in [0.29, 0.717) is 19.3 Å². The Morgan fingerprint density at radius 1 is 0.276 bits per heavy atom. The smallest absolute Gasteiger partial charge is 0.306 e. The average molecular weight is 1060 g/mol. The van der Waals surface area contributed by atoms with Crippen molar-refractivity contribution < 1.29 is 28.6 Å². The second-order valence-corrected chi connectivity index (χ2v) is 22.0. The van der Waals surface area contributed by atoms with Crippen molar-refractivity contribution in [1.29, 1.82) is 0 Å². The van der Waals surface area contributed by atoms with E-state index in [1.807, 2.05) is 0 Å². The molecule has 0 N–H and O–H groups in total. The van der Waals surface area contributed by atoms with Crippen LogP contribution < -0.4 is 0 Å². The molecule has 0 amide bonds. The third-order valence-electron chi connectivity index (χ3n) is 14.4. The molecule has 6 nitrogen and oxygen atoms in total. The largest absolute Gasteiger partial charge is 0.462 e. The van der Waals surface area contributed by atoms with Crippen LogP contribution in [-0.4, -0.2) is 37.2 Å². The van der Waals surface area contributed by atoms with Gasteiger partial charge in [0.25, 0.3) is 0 Å². The number of unbranched alkanes of at least 4 members (excludes halogenated alkanes) is 37. The zero-order valence-electron chi connectivity index (χ0n) is 50.5. The zero-order valence-corrected chi connectivity index (χ0v) is 50.5. The van der Waals surface area contributed by atoms with E-state index < -0.39 is 6.10 Å². The maximum Gasteiger partial charge on any atom is 0.306 e. The first-order valence-corrected chi connectivity index (χ1v) is 32.9. The standard InChI is InChI=1S/C70H124O6/c1-4-7-10-13-16-19-22-24-26-27-28-29-30-31-32-33-34-35-36-37-38-39-40-41-42-43-44-46-48-51-54-57-60-63-69(72)75-66-67(65-74-68(71)62-59-56-53-50-47-21-18-15-12-9-6-3)76-70(73)64-61-58-55-52-49-45-25-23-20-17-14-11-8-5-2/h7,10,15-16,18-19,23-26,28-29,67H,4-6,8-9,11-14,17,20-22,27,30-66H2,1-3H3/b10-7-,18-15-,19-16-,25-23-,26-24-,29-28-. The summed E-state index contributed by atoms with van der Waals surface area (Å²) in [6.07, 6.45) is 83.7.